The standard InChI is InChI=1S/C24H31N3O3/c1-8-27-22-19(14(2)26-27)13-20(25)21(23(22)30-16(4)29-15(3)28)17-9-11-18(12-10-17)24(5,6)7/h9-12,16,25H,8,13H2,1-7H3. The average Bonchev–Trinajstić information content (AvgIpc) is 2.96. The molecule has 0 spiro atoms. The van der Waals surface area contributed by atoms with E-state index in [1.807, 2.05) is 30.7 Å². The minimum absolute atomic E-state index is 0.0429. The number of aromatic nitrogens is 2. The second kappa shape index (κ2) is 8.09. The summed E-state index contributed by atoms with van der Waals surface area (Å²) < 4.78 is 13.3. The topological polar surface area (TPSA) is 77.2 Å². The van der Waals surface area contributed by atoms with Crippen molar-refractivity contribution in [3.8, 4) is 0 Å². The quantitative estimate of drug-likeness (QED) is 0.564. The fraction of sp³-hybridized carbons (Fsp3) is 0.458. The molecule has 0 aliphatic heterocycles. The Morgan fingerprint density at radius 1 is 1.27 bits per heavy atom. The van der Waals surface area contributed by atoms with Gasteiger partial charge in [-0.1, -0.05) is 45.0 Å². The third-order valence-corrected chi connectivity index (χ3v) is 5.30. The molecule has 1 N–H and O–H groups in total. The maximum absolute atomic E-state index is 11.4. The summed E-state index contributed by atoms with van der Waals surface area (Å²) in [6.45, 7) is 14.2. The number of carbonyl (C=O) groups is 1. The summed E-state index contributed by atoms with van der Waals surface area (Å²) in [5.74, 6) is 0.131. The Bertz CT molecular complexity index is 1010. The zero-order valence-electron chi connectivity index (χ0n) is 18.9. The highest BCUT2D eigenvalue weighted by Gasteiger charge is 2.32. The van der Waals surface area contributed by atoms with Gasteiger partial charge in [0.2, 0.25) is 6.29 Å². The number of carbonyl (C=O) groups excluding carboxylic acids is 1. The number of fused-ring (bicyclic) bond motifs is 1. The van der Waals surface area contributed by atoms with Crippen LogP contribution in [0.2, 0.25) is 0 Å². The molecule has 6 heteroatoms. The van der Waals surface area contributed by atoms with Crippen LogP contribution in [0.3, 0.4) is 0 Å². The fourth-order valence-corrected chi connectivity index (χ4v) is 3.81. The van der Waals surface area contributed by atoms with Crippen molar-refractivity contribution in [2.45, 2.75) is 73.1 Å². The first kappa shape index (κ1) is 21.8. The molecule has 1 unspecified atom stereocenters. The highest BCUT2D eigenvalue weighted by atomic mass is 16.7. The first-order chi connectivity index (χ1) is 14.0. The molecule has 2 aromatic rings. The lowest BCUT2D eigenvalue weighted by Gasteiger charge is -2.26. The molecule has 0 saturated carbocycles. The maximum Gasteiger partial charge on any atom is 0.305 e. The molecule has 1 aromatic heterocycles. The van der Waals surface area contributed by atoms with E-state index in [1.165, 1.54) is 12.5 Å². The molecule has 0 fully saturated rings. The van der Waals surface area contributed by atoms with Crippen molar-refractivity contribution in [3.63, 3.8) is 0 Å². The van der Waals surface area contributed by atoms with Gasteiger partial charge >= 0.3 is 5.97 Å². The number of nitrogens with one attached hydrogen (secondary N) is 1. The monoisotopic (exact) mass is 409 g/mol. The van der Waals surface area contributed by atoms with Crippen LogP contribution < -0.4 is 0 Å². The first-order valence-corrected chi connectivity index (χ1v) is 10.4. The number of allylic oxidation sites excluding steroid dienone is 1. The molecule has 0 saturated heterocycles. The molecule has 1 atom stereocenters. The van der Waals surface area contributed by atoms with Crippen molar-refractivity contribution in [1.82, 2.24) is 9.78 Å². The van der Waals surface area contributed by atoms with Crippen LogP contribution in [-0.2, 0) is 32.6 Å². The van der Waals surface area contributed by atoms with E-state index in [2.05, 4.69) is 38.0 Å². The maximum atomic E-state index is 11.4. The fourth-order valence-electron chi connectivity index (χ4n) is 3.81. The van der Waals surface area contributed by atoms with Crippen LogP contribution >= 0.6 is 0 Å². The molecule has 160 valence electrons. The van der Waals surface area contributed by atoms with E-state index in [9.17, 15) is 4.79 Å². The Morgan fingerprint density at radius 3 is 2.43 bits per heavy atom. The van der Waals surface area contributed by atoms with Crippen molar-refractivity contribution in [3.05, 3.63) is 52.3 Å². The minimum Gasteiger partial charge on any atom is -0.452 e. The molecular formula is C24H31N3O3. The average molecular weight is 410 g/mol. The van der Waals surface area contributed by atoms with E-state index in [-0.39, 0.29) is 5.41 Å². The molecule has 3 rings (SSSR count). The summed E-state index contributed by atoms with van der Waals surface area (Å²) in [7, 11) is 0. The molecule has 6 nitrogen and oxygen atoms in total. The minimum atomic E-state index is -0.777. The first-order valence-electron chi connectivity index (χ1n) is 10.4. The molecule has 30 heavy (non-hydrogen) atoms. The SMILES string of the molecule is CCn1nc(C)c2c1C(OC(C)OC(C)=O)=C(c1ccc(C(C)(C)C)cc1)C(=N)C2. The van der Waals surface area contributed by atoms with Gasteiger partial charge in [0.15, 0.2) is 5.76 Å². The number of hydrogen-bond acceptors (Lipinski definition) is 5. The lowest BCUT2D eigenvalue weighted by atomic mass is 9.84. The van der Waals surface area contributed by atoms with Crippen molar-refractivity contribution in [1.29, 1.82) is 5.41 Å². The van der Waals surface area contributed by atoms with Gasteiger partial charge < -0.3 is 14.9 Å². The van der Waals surface area contributed by atoms with Gasteiger partial charge in [0, 0.05) is 43.7 Å². The van der Waals surface area contributed by atoms with Crippen LogP contribution in [0.15, 0.2) is 24.3 Å². The van der Waals surface area contributed by atoms with Gasteiger partial charge in [0.05, 0.1) is 5.69 Å². The predicted molar refractivity (Wildman–Crippen MR) is 118 cm³/mol. The normalized spacial score (nSPS) is 15.1. The Kier molecular flexibility index (Phi) is 5.88. The van der Waals surface area contributed by atoms with Gasteiger partial charge in [0.1, 0.15) is 5.69 Å². The summed E-state index contributed by atoms with van der Waals surface area (Å²) in [5, 5.41) is 13.4. The Balaban J connectivity index is 2.19. The summed E-state index contributed by atoms with van der Waals surface area (Å²) in [4.78, 5) is 11.4. The van der Waals surface area contributed by atoms with E-state index in [0.29, 0.717) is 24.4 Å². The Morgan fingerprint density at radius 2 is 1.90 bits per heavy atom. The second-order valence-corrected chi connectivity index (χ2v) is 8.71. The van der Waals surface area contributed by atoms with Crippen LogP contribution in [0, 0.1) is 12.3 Å². The second-order valence-electron chi connectivity index (χ2n) is 8.71. The van der Waals surface area contributed by atoms with Crippen LogP contribution in [0.5, 0.6) is 0 Å². The van der Waals surface area contributed by atoms with Crippen molar-refractivity contribution >= 4 is 23.0 Å². The highest BCUT2D eigenvalue weighted by molar-refractivity contribution is 6.30. The van der Waals surface area contributed by atoms with Gasteiger partial charge in [-0.2, -0.15) is 5.10 Å². The van der Waals surface area contributed by atoms with Gasteiger partial charge in [-0.15, -0.1) is 0 Å². The molecule has 0 radical (unpaired) electrons. The van der Waals surface area contributed by atoms with Crippen molar-refractivity contribution in [2.75, 3.05) is 0 Å². The number of aryl methyl sites for hydroxylation is 2. The number of ether oxygens (including phenoxy) is 2. The van der Waals surface area contributed by atoms with Crippen molar-refractivity contribution < 1.29 is 14.3 Å². The third-order valence-electron chi connectivity index (χ3n) is 5.30. The zero-order chi connectivity index (χ0) is 22.2. The summed E-state index contributed by atoms with van der Waals surface area (Å²) in [6, 6.07) is 8.27. The highest BCUT2D eigenvalue weighted by Crippen LogP contribution is 2.38. The van der Waals surface area contributed by atoms with E-state index < -0.39 is 12.3 Å². The smallest absolute Gasteiger partial charge is 0.305 e. The van der Waals surface area contributed by atoms with E-state index >= 15 is 0 Å². The summed E-state index contributed by atoms with van der Waals surface area (Å²) in [6.07, 6.45) is -0.285. The van der Waals surface area contributed by atoms with E-state index in [0.717, 1.165) is 28.1 Å². The number of hydrogen-bond donors (Lipinski definition) is 1. The van der Waals surface area contributed by atoms with Crippen molar-refractivity contribution in [2.24, 2.45) is 0 Å². The van der Waals surface area contributed by atoms with Crippen LogP contribution in [0.1, 0.15) is 69.6 Å². The largest absolute Gasteiger partial charge is 0.452 e. The van der Waals surface area contributed by atoms with Gasteiger partial charge in [-0.3, -0.25) is 9.48 Å². The Hall–Kier alpha value is -2.89. The molecule has 1 aliphatic rings. The van der Waals surface area contributed by atoms with Crippen LogP contribution in [0.25, 0.3) is 11.3 Å². The number of benzene rings is 1. The van der Waals surface area contributed by atoms with Crippen LogP contribution in [-0.4, -0.2) is 27.8 Å². The number of esters is 1. The zero-order valence-corrected chi connectivity index (χ0v) is 18.9. The number of nitrogens with zero attached hydrogens (tertiary/aromatic N) is 2. The van der Waals surface area contributed by atoms with Gasteiger partial charge in [-0.05, 0) is 30.4 Å². The molecule has 1 heterocycles. The lowest BCUT2D eigenvalue weighted by Crippen LogP contribution is -2.23. The van der Waals surface area contributed by atoms with E-state index in [4.69, 9.17) is 14.9 Å². The van der Waals surface area contributed by atoms with Gasteiger partial charge in [-0.25, -0.2) is 0 Å². The van der Waals surface area contributed by atoms with E-state index in [1.54, 1.807) is 6.92 Å². The molecule has 1 aromatic carbocycles. The molecule has 0 bridgehead atoms. The molecule has 1 aliphatic carbocycles. The summed E-state index contributed by atoms with van der Waals surface area (Å²) in [5.41, 5.74) is 6.10. The third kappa shape index (κ3) is 4.18. The lowest BCUT2D eigenvalue weighted by molar-refractivity contribution is -0.161. The number of rotatable bonds is 5. The van der Waals surface area contributed by atoms with Gasteiger partial charge in [0.25, 0.3) is 0 Å². The molecule has 0 amide bonds. The Labute approximate surface area is 178 Å². The van der Waals surface area contributed by atoms with Crippen LogP contribution in [0.4, 0.5) is 0 Å². The molecular weight excluding hydrogens is 378 g/mol. The predicted octanol–water partition coefficient (Wildman–Crippen LogP) is 4.88. The summed E-state index contributed by atoms with van der Waals surface area (Å²) >= 11 is 0.